The third-order valence-electron chi connectivity index (χ3n) is 4.31. The van der Waals surface area contributed by atoms with E-state index in [2.05, 4.69) is 27.3 Å². The molecule has 0 radical (unpaired) electrons. The number of amides is 1. The lowest BCUT2D eigenvalue weighted by atomic mass is 10.1. The third kappa shape index (κ3) is 4.28. The fourth-order valence-corrected chi connectivity index (χ4v) is 2.87. The topological polar surface area (TPSA) is 45.2 Å². The van der Waals surface area contributed by atoms with Crippen LogP contribution in [0, 0.1) is 13.8 Å². The van der Waals surface area contributed by atoms with Crippen molar-refractivity contribution in [3.05, 3.63) is 89.2 Å². The Kier molecular flexibility index (Phi) is 5.32. The summed E-state index contributed by atoms with van der Waals surface area (Å²) in [4.78, 5) is 18.9. The summed E-state index contributed by atoms with van der Waals surface area (Å²) < 4.78 is 0. The number of aromatic nitrogens is 1. The van der Waals surface area contributed by atoms with Crippen LogP contribution in [0.4, 0.5) is 11.4 Å². The minimum absolute atomic E-state index is 0.202. The van der Waals surface area contributed by atoms with E-state index in [0.29, 0.717) is 5.69 Å². The number of benzene rings is 2. The number of carbonyl (C=O) groups excluding carboxylic acids is 1. The average Bonchev–Trinajstić information content (AvgIpc) is 2.65. The zero-order valence-corrected chi connectivity index (χ0v) is 15.4. The van der Waals surface area contributed by atoms with E-state index in [4.69, 9.17) is 0 Å². The Morgan fingerprint density at radius 2 is 1.81 bits per heavy atom. The highest BCUT2D eigenvalue weighted by atomic mass is 16.1. The Morgan fingerprint density at radius 1 is 1.04 bits per heavy atom. The van der Waals surface area contributed by atoms with Gasteiger partial charge in [0.2, 0.25) is 0 Å². The molecule has 0 atom stereocenters. The van der Waals surface area contributed by atoms with Crippen LogP contribution >= 0.6 is 0 Å². The van der Waals surface area contributed by atoms with Crippen LogP contribution in [-0.4, -0.2) is 17.9 Å². The van der Waals surface area contributed by atoms with Gasteiger partial charge in [-0.1, -0.05) is 48.0 Å². The number of rotatable bonds is 5. The van der Waals surface area contributed by atoms with Gasteiger partial charge in [-0.05, 0) is 43.2 Å². The molecule has 4 heteroatoms. The summed E-state index contributed by atoms with van der Waals surface area (Å²) in [5.74, 6) is -0.202. The number of aryl methyl sites for hydroxylation is 2. The van der Waals surface area contributed by atoms with E-state index >= 15 is 0 Å². The monoisotopic (exact) mass is 345 g/mol. The van der Waals surface area contributed by atoms with Crippen molar-refractivity contribution in [2.24, 2.45) is 0 Å². The molecule has 2 aromatic carbocycles. The number of hydrogen-bond donors (Lipinski definition) is 1. The standard InChI is InChI=1S/C22H23N3O/c1-16-9-10-20(17(2)13-16)24-22(26)21-14-19(11-12-23-21)25(3)15-18-7-5-4-6-8-18/h4-14H,15H2,1-3H3,(H,24,26). The zero-order chi connectivity index (χ0) is 18.5. The molecule has 3 aromatic rings. The van der Waals surface area contributed by atoms with E-state index in [9.17, 15) is 4.79 Å². The van der Waals surface area contributed by atoms with Gasteiger partial charge >= 0.3 is 0 Å². The highest BCUT2D eigenvalue weighted by Gasteiger charge is 2.11. The zero-order valence-electron chi connectivity index (χ0n) is 15.4. The molecule has 0 saturated carbocycles. The van der Waals surface area contributed by atoms with Gasteiger partial charge < -0.3 is 10.2 Å². The van der Waals surface area contributed by atoms with Crippen molar-refractivity contribution in [1.82, 2.24) is 4.98 Å². The summed E-state index contributed by atoms with van der Waals surface area (Å²) in [5.41, 5.74) is 5.59. The van der Waals surface area contributed by atoms with E-state index in [1.54, 1.807) is 6.20 Å². The van der Waals surface area contributed by atoms with Gasteiger partial charge in [-0.25, -0.2) is 0 Å². The second-order valence-electron chi connectivity index (χ2n) is 6.51. The van der Waals surface area contributed by atoms with Gasteiger partial charge in [-0.2, -0.15) is 0 Å². The van der Waals surface area contributed by atoms with Gasteiger partial charge in [0.05, 0.1) is 0 Å². The van der Waals surface area contributed by atoms with Crippen LogP contribution in [0.25, 0.3) is 0 Å². The maximum Gasteiger partial charge on any atom is 0.274 e. The van der Waals surface area contributed by atoms with Crippen molar-refractivity contribution in [1.29, 1.82) is 0 Å². The third-order valence-corrected chi connectivity index (χ3v) is 4.31. The Balaban J connectivity index is 1.74. The molecule has 0 fully saturated rings. The number of nitrogens with one attached hydrogen (secondary N) is 1. The fraction of sp³-hybridized carbons (Fsp3) is 0.182. The number of carbonyl (C=O) groups is 1. The number of nitrogens with zero attached hydrogens (tertiary/aromatic N) is 2. The largest absolute Gasteiger partial charge is 0.370 e. The van der Waals surface area contributed by atoms with Crippen molar-refractivity contribution in [2.45, 2.75) is 20.4 Å². The van der Waals surface area contributed by atoms with Crippen molar-refractivity contribution < 1.29 is 4.79 Å². The molecule has 1 amide bonds. The van der Waals surface area contributed by atoms with Gasteiger partial charge in [0.25, 0.3) is 5.91 Å². The summed E-state index contributed by atoms with van der Waals surface area (Å²) in [7, 11) is 2.01. The second-order valence-corrected chi connectivity index (χ2v) is 6.51. The van der Waals surface area contributed by atoms with E-state index in [1.165, 1.54) is 11.1 Å². The van der Waals surface area contributed by atoms with Crippen LogP contribution < -0.4 is 10.2 Å². The summed E-state index contributed by atoms with van der Waals surface area (Å²) >= 11 is 0. The van der Waals surface area contributed by atoms with Crippen LogP contribution in [0.5, 0.6) is 0 Å². The molecule has 0 saturated heterocycles. The first-order valence-electron chi connectivity index (χ1n) is 8.62. The highest BCUT2D eigenvalue weighted by molar-refractivity contribution is 6.03. The maximum absolute atomic E-state index is 12.6. The molecule has 4 nitrogen and oxygen atoms in total. The minimum atomic E-state index is -0.202. The molecule has 1 aromatic heterocycles. The molecule has 132 valence electrons. The molecule has 0 aliphatic rings. The average molecular weight is 345 g/mol. The molecule has 0 aliphatic carbocycles. The van der Waals surface area contributed by atoms with Crippen molar-refractivity contribution in [3.63, 3.8) is 0 Å². The second kappa shape index (κ2) is 7.83. The van der Waals surface area contributed by atoms with Gasteiger partial charge in [-0.15, -0.1) is 0 Å². The number of pyridine rings is 1. The first-order chi connectivity index (χ1) is 12.5. The summed E-state index contributed by atoms with van der Waals surface area (Å²) in [6.45, 7) is 4.79. The van der Waals surface area contributed by atoms with Crippen molar-refractivity contribution in [3.8, 4) is 0 Å². The Morgan fingerprint density at radius 3 is 2.54 bits per heavy atom. The van der Waals surface area contributed by atoms with E-state index in [-0.39, 0.29) is 5.91 Å². The van der Waals surface area contributed by atoms with Crippen molar-refractivity contribution in [2.75, 3.05) is 17.3 Å². The molecule has 1 N–H and O–H groups in total. The molecular formula is C22H23N3O. The number of anilines is 2. The summed E-state index contributed by atoms with van der Waals surface area (Å²) in [6.07, 6.45) is 1.67. The smallest absolute Gasteiger partial charge is 0.274 e. The van der Waals surface area contributed by atoms with Gasteiger partial charge in [-0.3, -0.25) is 9.78 Å². The molecule has 3 rings (SSSR count). The predicted molar refractivity (Wildman–Crippen MR) is 107 cm³/mol. The molecule has 0 unspecified atom stereocenters. The van der Waals surface area contributed by atoms with Crippen LogP contribution in [0.15, 0.2) is 66.9 Å². The first-order valence-corrected chi connectivity index (χ1v) is 8.62. The molecular weight excluding hydrogens is 322 g/mol. The normalized spacial score (nSPS) is 10.4. The van der Waals surface area contributed by atoms with Crippen LogP contribution in [0.1, 0.15) is 27.2 Å². The van der Waals surface area contributed by atoms with Crippen LogP contribution in [-0.2, 0) is 6.54 Å². The molecule has 0 aliphatic heterocycles. The Bertz CT molecular complexity index is 906. The van der Waals surface area contributed by atoms with E-state index in [1.807, 2.05) is 69.4 Å². The lowest BCUT2D eigenvalue weighted by Crippen LogP contribution is -2.19. The number of hydrogen-bond acceptors (Lipinski definition) is 3. The minimum Gasteiger partial charge on any atom is -0.370 e. The van der Waals surface area contributed by atoms with Gasteiger partial charge in [0.1, 0.15) is 5.69 Å². The summed E-state index contributed by atoms with van der Waals surface area (Å²) in [6, 6.07) is 19.9. The van der Waals surface area contributed by atoms with E-state index < -0.39 is 0 Å². The quantitative estimate of drug-likeness (QED) is 0.736. The highest BCUT2D eigenvalue weighted by Crippen LogP contribution is 2.19. The Hall–Kier alpha value is -3.14. The first kappa shape index (κ1) is 17.7. The van der Waals surface area contributed by atoms with Crippen LogP contribution in [0.2, 0.25) is 0 Å². The molecule has 0 bridgehead atoms. The van der Waals surface area contributed by atoms with Crippen LogP contribution in [0.3, 0.4) is 0 Å². The lowest BCUT2D eigenvalue weighted by Gasteiger charge is -2.20. The van der Waals surface area contributed by atoms with Crippen molar-refractivity contribution >= 4 is 17.3 Å². The predicted octanol–water partition coefficient (Wildman–Crippen LogP) is 4.59. The van der Waals surface area contributed by atoms with Gasteiger partial charge in [0, 0.05) is 31.2 Å². The molecule has 26 heavy (non-hydrogen) atoms. The lowest BCUT2D eigenvalue weighted by molar-refractivity contribution is 0.102. The fourth-order valence-electron chi connectivity index (χ4n) is 2.87. The molecule has 0 spiro atoms. The Labute approximate surface area is 154 Å². The molecule has 1 heterocycles. The maximum atomic E-state index is 12.6. The summed E-state index contributed by atoms with van der Waals surface area (Å²) in [5, 5.41) is 2.95. The van der Waals surface area contributed by atoms with Gasteiger partial charge in [0.15, 0.2) is 0 Å². The SMILES string of the molecule is Cc1ccc(NC(=O)c2cc(N(C)Cc3ccccc3)ccn2)c(C)c1. The van der Waals surface area contributed by atoms with E-state index in [0.717, 1.165) is 23.5 Å².